The normalized spacial score (nSPS) is 21.1. The highest BCUT2D eigenvalue weighted by Crippen LogP contribution is 2.53. The molecule has 6 nitrogen and oxygen atoms in total. The third-order valence-corrected chi connectivity index (χ3v) is 7.10. The first kappa shape index (κ1) is 21.8. The van der Waals surface area contributed by atoms with Crippen molar-refractivity contribution in [3.63, 3.8) is 0 Å². The highest BCUT2D eigenvalue weighted by Gasteiger charge is 2.49. The molecule has 2 aromatic rings. The first-order valence-corrected chi connectivity index (χ1v) is 11.7. The fraction of sp³-hybridized carbons (Fsp3) is 0.391. The average molecular weight is 496 g/mol. The van der Waals surface area contributed by atoms with Crippen LogP contribution >= 0.6 is 34.8 Å². The average Bonchev–Trinajstić information content (AvgIpc) is 3.54. The van der Waals surface area contributed by atoms with Gasteiger partial charge in [-0.3, -0.25) is 9.59 Å². The molecule has 0 amide bonds. The quantitative estimate of drug-likeness (QED) is 0.588. The van der Waals surface area contributed by atoms with Crippen molar-refractivity contribution >= 4 is 52.4 Å². The molecule has 0 aromatic heterocycles. The largest absolute Gasteiger partial charge is 0.416 e. The van der Waals surface area contributed by atoms with Crippen LogP contribution < -0.4 is 10.6 Å². The van der Waals surface area contributed by atoms with E-state index in [1.165, 1.54) is 0 Å². The van der Waals surface area contributed by atoms with Crippen LogP contribution in [0.25, 0.3) is 0 Å². The van der Waals surface area contributed by atoms with E-state index in [9.17, 15) is 9.59 Å². The maximum atomic E-state index is 12.3. The van der Waals surface area contributed by atoms with Gasteiger partial charge in [0.2, 0.25) is 0 Å². The van der Waals surface area contributed by atoms with E-state index in [0.717, 1.165) is 29.7 Å². The van der Waals surface area contributed by atoms with Crippen LogP contribution in [0, 0.1) is 0 Å². The fourth-order valence-electron chi connectivity index (χ4n) is 4.51. The number of hydrogen-bond donors (Lipinski definition) is 2. The Labute approximate surface area is 200 Å². The van der Waals surface area contributed by atoms with Gasteiger partial charge in [-0.2, -0.15) is 0 Å². The third kappa shape index (κ3) is 3.83. The molecule has 2 heterocycles. The summed E-state index contributed by atoms with van der Waals surface area (Å²) in [6.45, 7) is 0.778. The van der Waals surface area contributed by atoms with Gasteiger partial charge in [-0.05, 0) is 61.2 Å². The van der Waals surface area contributed by atoms with E-state index >= 15 is 0 Å². The smallest absolute Gasteiger partial charge is 0.309 e. The minimum atomic E-state index is -1.52. The van der Waals surface area contributed by atoms with Gasteiger partial charge in [0.1, 0.15) is 0 Å². The monoisotopic (exact) mass is 494 g/mol. The van der Waals surface area contributed by atoms with Gasteiger partial charge in [0.25, 0.3) is 5.79 Å². The SMILES string of the molecule is O=C1CCC(=O)OC2(CNCCc3c2ccc(Cl)c3NC2(c3ccc(Cl)cc3Cl)CC2)O1. The Morgan fingerprint density at radius 3 is 2.22 bits per heavy atom. The predicted octanol–water partition coefficient (Wildman–Crippen LogP) is 4.93. The lowest BCUT2D eigenvalue weighted by molar-refractivity contribution is -0.225. The third-order valence-electron chi connectivity index (χ3n) is 6.23. The summed E-state index contributed by atoms with van der Waals surface area (Å²) in [6, 6.07) is 8.99. The Morgan fingerprint density at radius 2 is 1.56 bits per heavy atom. The molecule has 9 heteroatoms. The summed E-state index contributed by atoms with van der Waals surface area (Å²) in [5.74, 6) is -2.46. The summed E-state index contributed by atoms with van der Waals surface area (Å²) < 4.78 is 11.4. The molecule has 0 radical (unpaired) electrons. The van der Waals surface area contributed by atoms with Gasteiger partial charge in [0, 0.05) is 15.6 Å². The second-order valence-electron chi connectivity index (χ2n) is 8.41. The van der Waals surface area contributed by atoms with Crippen molar-refractivity contribution in [2.75, 3.05) is 18.4 Å². The van der Waals surface area contributed by atoms with E-state index in [1.54, 1.807) is 18.2 Å². The van der Waals surface area contributed by atoms with Crippen molar-refractivity contribution in [3.8, 4) is 0 Å². The molecule has 1 spiro atoms. The van der Waals surface area contributed by atoms with E-state index in [1.807, 2.05) is 12.1 Å². The number of anilines is 1. The zero-order valence-corrected chi connectivity index (χ0v) is 19.4. The number of esters is 2. The van der Waals surface area contributed by atoms with Crippen LogP contribution in [0.2, 0.25) is 15.1 Å². The van der Waals surface area contributed by atoms with Crippen LogP contribution in [0.3, 0.4) is 0 Å². The molecule has 2 aliphatic heterocycles. The van der Waals surface area contributed by atoms with Gasteiger partial charge in [-0.25, -0.2) is 0 Å². The molecular formula is C23H21Cl3N2O4. The van der Waals surface area contributed by atoms with Crippen LogP contribution in [-0.4, -0.2) is 25.0 Å². The van der Waals surface area contributed by atoms with Crippen molar-refractivity contribution < 1.29 is 19.1 Å². The van der Waals surface area contributed by atoms with Crippen molar-refractivity contribution in [3.05, 3.63) is 62.1 Å². The van der Waals surface area contributed by atoms with Crippen molar-refractivity contribution in [2.45, 2.75) is 43.4 Å². The summed E-state index contributed by atoms with van der Waals surface area (Å²) in [5.41, 5.74) is 2.78. The molecule has 0 unspecified atom stereocenters. The van der Waals surface area contributed by atoms with E-state index in [4.69, 9.17) is 44.3 Å². The molecule has 32 heavy (non-hydrogen) atoms. The Hall–Kier alpha value is -1.99. The highest BCUT2D eigenvalue weighted by atomic mass is 35.5. The first-order valence-electron chi connectivity index (χ1n) is 10.5. The van der Waals surface area contributed by atoms with Crippen molar-refractivity contribution in [1.29, 1.82) is 0 Å². The zero-order valence-electron chi connectivity index (χ0n) is 17.1. The fourth-order valence-corrected chi connectivity index (χ4v) is 5.33. The Kier molecular flexibility index (Phi) is 5.53. The van der Waals surface area contributed by atoms with Gasteiger partial charge >= 0.3 is 11.9 Å². The Bertz CT molecular complexity index is 1100. The molecule has 0 atom stereocenters. The van der Waals surface area contributed by atoms with Crippen LogP contribution in [-0.2, 0) is 36.8 Å². The van der Waals surface area contributed by atoms with E-state index in [2.05, 4.69) is 10.6 Å². The topological polar surface area (TPSA) is 76.7 Å². The number of benzene rings is 2. The standard InChI is InChI=1S/C23H21Cl3N2O4/c24-13-1-2-16(18(26)11-13)22(8-9-22)28-21-14-7-10-27-12-23(15(14)3-4-17(21)25)31-19(29)5-6-20(30)32-23/h1-4,11,27-28H,5-10,12H2. The van der Waals surface area contributed by atoms with Crippen molar-refractivity contribution in [2.24, 2.45) is 0 Å². The van der Waals surface area contributed by atoms with Gasteiger partial charge < -0.3 is 20.1 Å². The molecule has 1 saturated heterocycles. The molecular weight excluding hydrogens is 475 g/mol. The minimum Gasteiger partial charge on any atom is -0.416 e. The van der Waals surface area contributed by atoms with Gasteiger partial charge in [0.05, 0.1) is 35.6 Å². The molecule has 5 rings (SSSR count). The Balaban J connectivity index is 1.60. The molecule has 0 bridgehead atoms. The summed E-state index contributed by atoms with van der Waals surface area (Å²) in [6.07, 6.45) is 2.35. The molecule has 3 aliphatic rings. The summed E-state index contributed by atoms with van der Waals surface area (Å²) >= 11 is 19.3. The van der Waals surface area contributed by atoms with Gasteiger partial charge in [-0.15, -0.1) is 0 Å². The number of rotatable bonds is 3. The van der Waals surface area contributed by atoms with Gasteiger partial charge in [0.15, 0.2) is 0 Å². The van der Waals surface area contributed by atoms with E-state index in [-0.39, 0.29) is 24.9 Å². The number of hydrogen-bond acceptors (Lipinski definition) is 6. The van der Waals surface area contributed by atoms with Crippen LogP contribution in [0.5, 0.6) is 0 Å². The second-order valence-corrected chi connectivity index (χ2v) is 9.66. The van der Waals surface area contributed by atoms with Crippen LogP contribution in [0.15, 0.2) is 30.3 Å². The summed E-state index contributed by atoms with van der Waals surface area (Å²) in [7, 11) is 0. The minimum absolute atomic E-state index is 0.00715. The number of carbonyl (C=O) groups excluding carboxylic acids is 2. The van der Waals surface area contributed by atoms with E-state index in [0.29, 0.717) is 33.6 Å². The molecule has 2 aromatic carbocycles. The summed E-state index contributed by atoms with van der Waals surface area (Å²) in [4.78, 5) is 24.6. The summed E-state index contributed by atoms with van der Waals surface area (Å²) in [5, 5.41) is 8.55. The zero-order chi connectivity index (χ0) is 22.5. The number of halogens is 3. The molecule has 1 saturated carbocycles. The lowest BCUT2D eigenvalue weighted by Crippen LogP contribution is -2.43. The number of carbonyl (C=O) groups is 2. The van der Waals surface area contributed by atoms with E-state index < -0.39 is 17.7 Å². The van der Waals surface area contributed by atoms with Crippen LogP contribution in [0.4, 0.5) is 5.69 Å². The Morgan fingerprint density at radius 1 is 0.875 bits per heavy atom. The molecule has 168 valence electrons. The maximum absolute atomic E-state index is 12.3. The first-order chi connectivity index (χ1) is 15.3. The lowest BCUT2D eigenvalue weighted by Gasteiger charge is -2.33. The number of fused-ring (bicyclic) bond motifs is 2. The van der Waals surface area contributed by atoms with Gasteiger partial charge in [-0.1, -0.05) is 40.9 Å². The predicted molar refractivity (Wildman–Crippen MR) is 122 cm³/mol. The number of ether oxygens (including phenoxy) is 2. The molecule has 2 fully saturated rings. The van der Waals surface area contributed by atoms with Crippen molar-refractivity contribution in [1.82, 2.24) is 5.32 Å². The second kappa shape index (κ2) is 8.10. The number of nitrogens with one attached hydrogen (secondary N) is 2. The van der Waals surface area contributed by atoms with Crippen LogP contribution in [0.1, 0.15) is 42.4 Å². The highest BCUT2D eigenvalue weighted by molar-refractivity contribution is 6.35. The lowest BCUT2D eigenvalue weighted by atomic mass is 9.95. The maximum Gasteiger partial charge on any atom is 0.309 e. The molecule has 1 aliphatic carbocycles. The molecule has 2 N–H and O–H groups in total.